The molecule has 0 aromatic rings. The average molecular weight is 126 g/mol. The van der Waals surface area contributed by atoms with Crippen LogP contribution in [0.15, 0.2) is 4.99 Å². The predicted molar refractivity (Wildman–Crippen MR) is 35.6 cm³/mol. The van der Waals surface area contributed by atoms with Crippen LogP contribution in [0.25, 0.3) is 0 Å². The van der Waals surface area contributed by atoms with Crippen molar-refractivity contribution in [3.05, 3.63) is 0 Å². The fraction of sp³-hybridized carbons (Fsp3) is 0.667. The van der Waals surface area contributed by atoms with Gasteiger partial charge in [0.15, 0.2) is 0 Å². The maximum Gasteiger partial charge on any atom is 0.146 e. The molecule has 1 heterocycles. The van der Waals surface area contributed by atoms with Crippen molar-refractivity contribution in [1.29, 1.82) is 0 Å². The van der Waals surface area contributed by atoms with Crippen molar-refractivity contribution in [3.63, 3.8) is 0 Å². The zero-order valence-electron chi connectivity index (χ0n) is 5.66. The number of carbonyl (C=O) groups is 1. The number of aldehydes is 1. The van der Waals surface area contributed by atoms with Gasteiger partial charge in [-0.25, -0.2) is 0 Å². The van der Waals surface area contributed by atoms with Crippen LogP contribution in [0, 0.1) is 0 Å². The lowest BCUT2D eigenvalue weighted by Gasteiger charge is -2.08. The minimum Gasteiger partial charge on any atom is -0.361 e. The topological polar surface area (TPSA) is 32.7 Å². The highest BCUT2D eigenvalue weighted by molar-refractivity contribution is 5.84. The van der Waals surface area contributed by atoms with E-state index in [2.05, 4.69) is 4.99 Å². The summed E-state index contributed by atoms with van der Waals surface area (Å²) in [6, 6.07) is -0.116. The molecule has 1 rings (SSSR count). The molecule has 0 saturated carbocycles. The molecule has 0 spiro atoms. The number of rotatable bonds is 1. The Morgan fingerprint density at radius 1 is 1.89 bits per heavy atom. The van der Waals surface area contributed by atoms with Gasteiger partial charge in [0.1, 0.15) is 12.3 Å². The van der Waals surface area contributed by atoms with E-state index in [0.717, 1.165) is 18.7 Å². The van der Waals surface area contributed by atoms with Crippen LogP contribution in [0.4, 0.5) is 0 Å². The Hall–Kier alpha value is -0.860. The van der Waals surface area contributed by atoms with Gasteiger partial charge >= 0.3 is 0 Å². The van der Waals surface area contributed by atoms with Crippen LogP contribution in [0.2, 0.25) is 0 Å². The van der Waals surface area contributed by atoms with E-state index in [9.17, 15) is 4.79 Å². The summed E-state index contributed by atoms with van der Waals surface area (Å²) in [5, 5.41) is 0. The molecular formula is C6H10N2O. The second-order valence-electron chi connectivity index (χ2n) is 2.26. The number of likely N-dealkylation sites (N-methyl/N-ethyl adjacent to an activating group) is 1. The Bertz CT molecular complexity index is 153. The van der Waals surface area contributed by atoms with Gasteiger partial charge in [-0.15, -0.1) is 0 Å². The zero-order chi connectivity index (χ0) is 6.85. The molecule has 3 nitrogen and oxygen atoms in total. The lowest BCUT2D eigenvalue weighted by atomic mass is 10.3. The van der Waals surface area contributed by atoms with Crippen LogP contribution >= 0.6 is 0 Å². The first-order valence-corrected chi connectivity index (χ1v) is 2.95. The van der Waals surface area contributed by atoms with Crippen molar-refractivity contribution in [2.45, 2.75) is 13.0 Å². The molecule has 9 heavy (non-hydrogen) atoms. The highest BCUT2D eigenvalue weighted by atomic mass is 16.1. The quantitative estimate of drug-likeness (QED) is 0.460. The van der Waals surface area contributed by atoms with E-state index < -0.39 is 0 Å². The van der Waals surface area contributed by atoms with Gasteiger partial charge < -0.3 is 9.69 Å². The smallest absolute Gasteiger partial charge is 0.146 e. The summed E-state index contributed by atoms with van der Waals surface area (Å²) in [6.45, 7) is 2.65. The molecule has 3 heteroatoms. The molecule has 0 bridgehead atoms. The first-order chi connectivity index (χ1) is 4.24. The highest BCUT2D eigenvalue weighted by Crippen LogP contribution is 2.03. The number of amidine groups is 1. The third-order valence-corrected chi connectivity index (χ3v) is 1.52. The molecule has 0 amide bonds. The van der Waals surface area contributed by atoms with Crippen LogP contribution in [0.5, 0.6) is 0 Å². The molecule has 0 radical (unpaired) electrons. The van der Waals surface area contributed by atoms with Gasteiger partial charge in [0.25, 0.3) is 0 Å². The van der Waals surface area contributed by atoms with Crippen molar-refractivity contribution >= 4 is 12.1 Å². The number of nitrogens with zero attached hydrogens (tertiary/aromatic N) is 2. The van der Waals surface area contributed by atoms with Crippen molar-refractivity contribution < 1.29 is 4.79 Å². The lowest BCUT2D eigenvalue weighted by molar-refractivity contribution is -0.108. The highest BCUT2D eigenvalue weighted by Gasteiger charge is 2.17. The SMILES string of the molecule is CC1=NC(C=O)CN1C. The molecule has 1 atom stereocenters. The fourth-order valence-electron chi connectivity index (χ4n) is 0.866. The van der Waals surface area contributed by atoms with E-state index in [0.29, 0.717) is 0 Å². The normalized spacial score (nSPS) is 26.2. The third-order valence-electron chi connectivity index (χ3n) is 1.52. The second kappa shape index (κ2) is 2.17. The molecule has 1 aliphatic heterocycles. The molecule has 1 aliphatic rings. The van der Waals surface area contributed by atoms with Crippen molar-refractivity contribution in [2.75, 3.05) is 13.6 Å². The van der Waals surface area contributed by atoms with Gasteiger partial charge in [-0.05, 0) is 6.92 Å². The van der Waals surface area contributed by atoms with E-state index in [1.807, 2.05) is 18.9 Å². The van der Waals surface area contributed by atoms with Gasteiger partial charge in [-0.2, -0.15) is 0 Å². The molecule has 0 fully saturated rings. The summed E-state index contributed by atoms with van der Waals surface area (Å²) >= 11 is 0. The monoisotopic (exact) mass is 126 g/mol. The summed E-state index contributed by atoms with van der Waals surface area (Å²) < 4.78 is 0. The van der Waals surface area contributed by atoms with Crippen LogP contribution in [0.1, 0.15) is 6.92 Å². The lowest BCUT2D eigenvalue weighted by Crippen LogP contribution is -2.23. The number of hydrogen-bond donors (Lipinski definition) is 0. The minimum atomic E-state index is -0.116. The first-order valence-electron chi connectivity index (χ1n) is 2.95. The first kappa shape index (κ1) is 6.26. The Kier molecular flexibility index (Phi) is 1.51. The molecule has 0 N–H and O–H groups in total. The Morgan fingerprint density at radius 3 is 2.78 bits per heavy atom. The molecule has 50 valence electrons. The average Bonchev–Trinajstić information content (AvgIpc) is 2.13. The summed E-state index contributed by atoms with van der Waals surface area (Å²) in [5.41, 5.74) is 0. The number of aliphatic imine (C=N–C) groups is 1. The molecule has 1 unspecified atom stereocenters. The minimum absolute atomic E-state index is 0.116. The van der Waals surface area contributed by atoms with E-state index in [-0.39, 0.29) is 6.04 Å². The van der Waals surface area contributed by atoms with Crippen LogP contribution in [-0.2, 0) is 4.79 Å². The summed E-state index contributed by atoms with van der Waals surface area (Å²) in [4.78, 5) is 16.2. The fourth-order valence-corrected chi connectivity index (χ4v) is 0.866. The maximum absolute atomic E-state index is 10.2. The van der Waals surface area contributed by atoms with Crippen LogP contribution in [-0.4, -0.2) is 36.7 Å². The van der Waals surface area contributed by atoms with E-state index >= 15 is 0 Å². The molecular weight excluding hydrogens is 116 g/mol. The zero-order valence-corrected chi connectivity index (χ0v) is 5.66. The van der Waals surface area contributed by atoms with E-state index in [1.165, 1.54) is 0 Å². The predicted octanol–water partition coefficient (Wildman–Crippen LogP) is -0.0823. The standard InChI is InChI=1S/C6H10N2O/c1-5-7-6(4-9)3-8(5)2/h4,6H,3H2,1-2H3. The van der Waals surface area contributed by atoms with Crippen molar-refractivity contribution in [2.24, 2.45) is 4.99 Å². The molecule has 0 aromatic heterocycles. The van der Waals surface area contributed by atoms with E-state index in [1.54, 1.807) is 0 Å². The maximum atomic E-state index is 10.2. The Morgan fingerprint density at radius 2 is 2.56 bits per heavy atom. The largest absolute Gasteiger partial charge is 0.361 e. The van der Waals surface area contributed by atoms with Gasteiger partial charge in [-0.3, -0.25) is 4.99 Å². The van der Waals surface area contributed by atoms with Crippen LogP contribution in [0.3, 0.4) is 0 Å². The number of carbonyl (C=O) groups excluding carboxylic acids is 1. The molecule has 0 aliphatic carbocycles. The Labute approximate surface area is 54.4 Å². The Balaban J connectivity index is 2.62. The third kappa shape index (κ3) is 1.09. The molecule has 0 aromatic carbocycles. The second-order valence-corrected chi connectivity index (χ2v) is 2.26. The summed E-state index contributed by atoms with van der Waals surface area (Å²) in [7, 11) is 1.93. The van der Waals surface area contributed by atoms with Crippen LogP contribution < -0.4 is 0 Å². The van der Waals surface area contributed by atoms with E-state index in [4.69, 9.17) is 0 Å². The molecule has 0 saturated heterocycles. The summed E-state index contributed by atoms with van der Waals surface area (Å²) in [5.74, 6) is 0.951. The van der Waals surface area contributed by atoms with Gasteiger partial charge in [-0.1, -0.05) is 0 Å². The summed E-state index contributed by atoms with van der Waals surface area (Å²) in [6.07, 6.45) is 0.882. The van der Waals surface area contributed by atoms with Crippen molar-refractivity contribution in [3.8, 4) is 0 Å². The van der Waals surface area contributed by atoms with Gasteiger partial charge in [0.05, 0.1) is 5.84 Å². The van der Waals surface area contributed by atoms with Gasteiger partial charge in [0, 0.05) is 13.6 Å². The number of hydrogen-bond acceptors (Lipinski definition) is 3. The van der Waals surface area contributed by atoms with Crippen molar-refractivity contribution in [1.82, 2.24) is 4.90 Å². The van der Waals surface area contributed by atoms with Gasteiger partial charge in [0.2, 0.25) is 0 Å².